The number of benzene rings is 1. The molecular formula is C28H41N3O3. The molecule has 0 saturated heterocycles. The summed E-state index contributed by atoms with van der Waals surface area (Å²) in [6.45, 7) is 10.9. The normalized spacial score (nSPS) is 23.1. The Labute approximate surface area is 203 Å². The molecule has 0 bridgehead atoms. The number of fused-ring (bicyclic) bond motifs is 3. The van der Waals surface area contributed by atoms with Crippen molar-refractivity contribution < 1.29 is 14.3 Å². The van der Waals surface area contributed by atoms with Gasteiger partial charge >= 0.3 is 6.09 Å². The van der Waals surface area contributed by atoms with E-state index in [1.54, 1.807) is 0 Å². The van der Waals surface area contributed by atoms with Gasteiger partial charge in [-0.25, -0.2) is 4.79 Å². The van der Waals surface area contributed by atoms with Gasteiger partial charge < -0.3 is 19.9 Å². The largest absolute Gasteiger partial charge is 0.444 e. The first kappa shape index (κ1) is 24.6. The molecule has 6 nitrogen and oxygen atoms in total. The fourth-order valence-corrected chi connectivity index (χ4v) is 5.66. The second kappa shape index (κ2) is 10.0. The zero-order chi connectivity index (χ0) is 24.5. The standard InChI is InChI=1S/C28H41N3O3/c1-18(2)16-24-26-22(21-8-6-7-9-23(21)30-26)14-15-31(24)25(32)17-19-10-12-20(13-11-19)29-27(33)34-28(3,4)5/h6-9,18-20,24,30H,10-17H2,1-5H3,(H,29,33). The Hall–Kier alpha value is -2.50. The molecule has 34 heavy (non-hydrogen) atoms. The minimum atomic E-state index is -0.487. The van der Waals surface area contributed by atoms with Gasteiger partial charge in [-0.3, -0.25) is 4.79 Å². The molecule has 1 saturated carbocycles. The van der Waals surface area contributed by atoms with Gasteiger partial charge in [-0.15, -0.1) is 0 Å². The number of nitrogens with zero attached hydrogens (tertiary/aromatic N) is 1. The highest BCUT2D eigenvalue weighted by Crippen LogP contribution is 2.39. The maximum atomic E-state index is 13.5. The quantitative estimate of drug-likeness (QED) is 0.557. The summed E-state index contributed by atoms with van der Waals surface area (Å²) in [6.07, 6.45) is 5.87. The minimum Gasteiger partial charge on any atom is -0.444 e. The molecule has 186 valence electrons. The van der Waals surface area contributed by atoms with Crippen LogP contribution >= 0.6 is 0 Å². The summed E-state index contributed by atoms with van der Waals surface area (Å²) in [5.74, 6) is 1.17. The van der Waals surface area contributed by atoms with Crippen LogP contribution in [0.5, 0.6) is 0 Å². The summed E-state index contributed by atoms with van der Waals surface area (Å²) in [7, 11) is 0. The van der Waals surface area contributed by atoms with Crippen LogP contribution in [0.15, 0.2) is 24.3 Å². The van der Waals surface area contributed by atoms with Crippen molar-refractivity contribution in [3.8, 4) is 0 Å². The maximum absolute atomic E-state index is 13.5. The van der Waals surface area contributed by atoms with E-state index in [0.29, 0.717) is 18.3 Å². The molecule has 2 N–H and O–H groups in total. The third-order valence-electron chi connectivity index (χ3n) is 7.20. The van der Waals surface area contributed by atoms with E-state index < -0.39 is 5.60 Å². The number of carbonyl (C=O) groups is 2. The van der Waals surface area contributed by atoms with Crippen molar-refractivity contribution in [2.75, 3.05) is 6.54 Å². The Morgan fingerprint density at radius 2 is 1.85 bits per heavy atom. The number of carbonyl (C=O) groups excluding carboxylic acids is 2. The minimum absolute atomic E-state index is 0.119. The van der Waals surface area contributed by atoms with Crippen molar-refractivity contribution in [2.24, 2.45) is 11.8 Å². The molecule has 2 aliphatic rings. The predicted octanol–water partition coefficient (Wildman–Crippen LogP) is 6.11. The number of hydrogen-bond acceptors (Lipinski definition) is 3. The molecule has 1 aliphatic heterocycles. The van der Waals surface area contributed by atoms with Crippen LogP contribution in [0.25, 0.3) is 10.9 Å². The van der Waals surface area contributed by atoms with Gasteiger partial charge in [0.2, 0.25) is 5.91 Å². The molecule has 2 heterocycles. The number of rotatable bonds is 5. The first-order chi connectivity index (χ1) is 16.1. The van der Waals surface area contributed by atoms with E-state index >= 15 is 0 Å². The number of aromatic nitrogens is 1. The summed E-state index contributed by atoms with van der Waals surface area (Å²) in [6, 6.07) is 8.75. The third kappa shape index (κ3) is 5.76. The third-order valence-corrected chi connectivity index (χ3v) is 7.20. The number of hydrogen-bond donors (Lipinski definition) is 2. The molecule has 1 aromatic carbocycles. The topological polar surface area (TPSA) is 74.4 Å². The molecule has 1 aromatic heterocycles. The lowest BCUT2D eigenvalue weighted by atomic mass is 9.83. The van der Waals surface area contributed by atoms with Crippen LogP contribution in [-0.4, -0.2) is 40.1 Å². The highest BCUT2D eigenvalue weighted by atomic mass is 16.6. The summed E-state index contributed by atoms with van der Waals surface area (Å²) in [5, 5.41) is 4.30. The van der Waals surface area contributed by atoms with Crippen LogP contribution < -0.4 is 5.32 Å². The highest BCUT2D eigenvalue weighted by Gasteiger charge is 2.35. The predicted molar refractivity (Wildman–Crippen MR) is 136 cm³/mol. The fraction of sp³-hybridized carbons (Fsp3) is 0.643. The van der Waals surface area contributed by atoms with Gasteiger partial charge in [-0.1, -0.05) is 32.0 Å². The van der Waals surface area contributed by atoms with Crippen LogP contribution in [0, 0.1) is 11.8 Å². The first-order valence-electron chi connectivity index (χ1n) is 13.0. The molecule has 1 fully saturated rings. The van der Waals surface area contributed by atoms with Gasteiger partial charge in [0.25, 0.3) is 0 Å². The SMILES string of the molecule is CC(C)CC1c2[nH]c3ccccc3c2CCN1C(=O)CC1CCC(NC(=O)OC(C)(C)C)CC1. The number of ether oxygens (including phenoxy) is 1. The lowest BCUT2D eigenvalue weighted by Crippen LogP contribution is -2.43. The number of para-hydroxylation sites is 1. The molecule has 2 aromatic rings. The average Bonchev–Trinajstić information content (AvgIpc) is 3.13. The zero-order valence-electron chi connectivity index (χ0n) is 21.4. The van der Waals surface area contributed by atoms with Gasteiger partial charge in [0.1, 0.15) is 5.60 Å². The number of aromatic amines is 1. The number of alkyl carbamates (subject to hydrolysis) is 1. The van der Waals surface area contributed by atoms with Gasteiger partial charge in [-0.05, 0) is 82.8 Å². The molecule has 1 unspecified atom stereocenters. The molecule has 2 amide bonds. The van der Waals surface area contributed by atoms with Crippen LogP contribution in [0.2, 0.25) is 0 Å². The van der Waals surface area contributed by atoms with Crippen LogP contribution in [0.3, 0.4) is 0 Å². The molecule has 6 heteroatoms. The summed E-state index contributed by atoms with van der Waals surface area (Å²) < 4.78 is 5.39. The lowest BCUT2D eigenvalue weighted by molar-refractivity contribution is -0.136. The zero-order valence-corrected chi connectivity index (χ0v) is 21.4. The number of nitrogens with one attached hydrogen (secondary N) is 2. The number of amides is 2. The van der Waals surface area contributed by atoms with Crippen molar-refractivity contribution in [3.63, 3.8) is 0 Å². The Morgan fingerprint density at radius 3 is 2.53 bits per heavy atom. The second-order valence-corrected chi connectivity index (χ2v) is 11.6. The van der Waals surface area contributed by atoms with E-state index in [1.807, 2.05) is 20.8 Å². The lowest BCUT2D eigenvalue weighted by Gasteiger charge is -2.38. The molecule has 1 aliphatic carbocycles. The monoisotopic (exact) mass is 467 g/mol. The first-order valence-corrected chi connectivity index (χ1v) is 13.0. The Bertz CT molecular complexity index is 1010. The molecule has 0 spiro atoms. The van der Waals surface area contributed by atoms with Crippen molar-refractivity contribution in [1.29, 1.82) is 0 Å². The smallest absolute Gasteiger partial charge is 0.407 e. The van der Waals surface area contributed by atoms with E-state index in [0.717, 1.165) is 45.1 Å². The van der Waals surface area contributed by atoms with Crippen LogP contribution in [0.4, 0.5) is 4.79 Å². The average molecular weight is 468 g/mol. The maximum Gasteiger partial charge on any atom is 0.407 e. The molecular weight excluding hydrogens is 426 g/mol. The Kier molecular flexibility index (Phi) is 7.25. The van der Waals surface area contributed by atoms with Crippen molar-refractivity contribution in [1.82, 2.24) is 15.2 Å². The van der Waals surface area contributed by atoms with E-state index in [2.05, 4.69) is 53.3 Å². The summed E-state index contributed by atoms with van der Waals surface area (Å²) >= 11 is 0. The fourth-order valence-electron chi connectivity index (χ4n) is 5.66. The van der Waals surface area contributed by atoms with Crippen molar-refractivity contribution in [3.05, 3.63) is 35.5 Å². The molecule has 1 atom stereocenters. The Balaban J connectivity index is 1.37. The van der Waals surface area contributed by atoms with Gasteiger partial charge in [0, 0.05) is 35.6 Å². The van der Waals surface area contributed by atoms with Gasteiger partial charge in [0.15, 0.2) is 0 Å². The summed E-state index contributed by atoms with van der Waals surface area (Å²) in [4.78, 5) is 31.4. The second-order valence-electron chi connectivity index (χ2n) is 11.6. The molecule has 0 radical (unpaired) electrons. The van der Waals surface area contributed by atoms with E-state index in [9.17, 15) is 9.59 Å². The van der Waals surface area contributed by atoms with Crippen molar-refractivity contribution in [2.45, 2.75) is 97.2 Å². The number of H-pyrrole nitrogens is 1. The Morgan fingerprint density at radius 1 is 1.15 bits per heavy atom. The van der Waals surface area contributed by atoms with Crippen LogP contribution in [0.1, 0.15) is 90.4 Å². The molecule has 4 rings (SSSR count). The van der Waals surface area contributed by atoms with E-state index in [1.165, 1.54) is 22.2 Å². The van der Waals surface area contributed by atoms with E-state index in [4.69, 9.17) is 4.74 Å². The van der Waals surface area contributed by atoms with Crippen LogP contribution in [-0.2, 0) is 16.0 Å². The van der Waals surface area contributed by atoms with Crippen molar-refractivity contribution >= 4 is 22.9 Å². The van der Waals surface area contributed by atoms with E-state index in [-0.39, 0.29) is 24.1 Å². The summed E-state index contributed by atoms with van der Waals surface area (Å²) in [5.41, 5.74) is 3.31. The van der Waals surface area contributed by atoms with Gasteiger partial charge in [-0.2, -0.15) is 0 Å². The van der Waals surface area contributed by atoms with Gasteiger partial charge in [0.05, 0.1) is 6.04 Å². The highest BCUT2D eigenvalue weighted by molar-refractivity contribution is 5.86.